The molecule has 7 N–H and O–H groups in total. The van der Waals surface area contributed by atoms with Crippen LogP contribution in [0.3, 0.4) is 0 Å². The highest BCUT2D eigenvalue weighted by molar-refractivity contribution is 7.86. The van der Waals surface area contributed by atoms with E-state index in [2.05, 4.69) is 30.5 Å². The number of hydrogen-bond donors (Lipinski definition) is 6. The summed E-state index contributed by atoms with van der Waals surface area (Å²) in [5.41, 5.74) is 4.00. The second-order valence-corrected chi connectivity index (χ2v) is 12.7. The number of rotatable bonds is 7. The number of azo groups is 1. The number of nitrogens with zero attached hydrogens (tertiary/aromatic N) is 5. The summed E-state index contributed by atoms with van der Waals surface area (Å²) in [6, 6.07) is 5.21. The van der Waals surface area contributed by atoms with Crippen molar-refractivity contribution in [2.24, 2.45) is 10.2 Å². The van der Waals surface area contributed by atoms with Crippen LogP contribution in [0.15, 0.2) is 61.3 Å². The zero-order valence-electron chi connectivity index (χ0n) is 19.5. The SMILES string of the molecule is Nc1c(N=Nc2ccc(Nc3nc(Cl)nc(Cl)n3)cc2S(=O)(=O)O)c(S(=O)(=O)O)cc2cc(S(=O)(=O)O)cc(O)c12. The maximum atomic E-state index is 12.1. The van der Waals surface area contributed by atoms with E-state index in [0.29, 0.717) is 12.1 Å². The van der Waals surface area contributed by atoms with Crippen molar-refractivity contribution in [3.05, 3.63) is 47.0 Å². The number of benzene rings is 3. The highest BCUT2D eigenvalue weighted by atomic mass is 35.5. The van der Waals surface area contributed by atoms with E-state index in [9.17, 15) is 44.0 Å². The van der Waals surface area contributed by atoms with Crippen molar-refractivity contribution in [2.45, 2.75) is 14.7 Å². The number of phenols is 1. The number of anilines is 3. The molecule has 0 fully saturated rings. The first kappa shape index (κ1) is 30.2. The van der Waals surface area contributed by atoms with Crippen LogP contribution < -0.4 is 11.1 Å². The lowest BCUT2D eigenvalue weighted by molar-refractivity contribution is 0.471. The van der Waals surface area contributed by atoms with Gasteiger partial charge in [0.1, 0.15) is 26.9 Å². The van der Waals surface area contributed by atoms with Crippen molar-refractivity contribution in [3.8, 4) is 5.75 Å². The Morgan fingerprint density at radius 2 is 1.39 bits per heavy atom. The van der Waals surface area contributed by atoms with Gasteiger partial charge in [0.25, 0.3) is 30.4 Å². The van der Waals surface area contributed by atoms with Gasteiger partial charge in [-0.25, -0.2) is 0 Å². The summed E-state index contributed by atoms with van der Waals surface area (Å²) < 4.78 is 100. The molecule has 3 aromatic carbocycles. The summed E-state index contributed by atoms with van der Waals surface area (Å²) in [6.07, 6.45) is 0. The average Bonchev–Trinajstić information content (AvgIpc) is 2.81. The molecule has 0 aliphatic rings. The van der Waals surface area contributed by atoms with Crippen molar-refractivity contribution in [1.29, 1.82) is 0 Å². The Morgan fingerprint density at radius 3 is 1.95 bits per heavy atom. The van der Waals surface area contributed by atoms with Gasteiger partial charge in [0.15, 0.2) is 0 Å². The van der Waals surface area contributed by atoms with Crippen LogP contribution >= 0.6 is 23.2 Å². The van der Waals surface area contributed by atoms with E-state index in [4.69, 9.17) is 28.9 Å². The monoisotopic (exact) mass is 665 g/mol. The quantitative estimate of drug-likeness (QED) is 0.0934. The Morgan fingerprint density at radius 1 is 0.780 bits per heavy atom. The molecule has 0 bridgehead atoms. The van der Waals surface area contributed by atoms with Crippen LogP contribution in [0.2, 0.25) is 10.6 Å². The maximum absolute atomic E-state index is 12.1. The van der Waals surface area contributed by atoms with E-state index >= 15 is 0 Å². The number of nitrogens with two attached hydrogens (primary N) is 1. The summed E-state index contributed by atoms with van der Waals surface area (Å²) >= 11 is 11.4. The molecule has 4 rings (SSSR count). The Hall–Kier alpha value is -3.76. The van der Waals surface area contributed by atoms with Gasteiger partial charge in [-0.1, -0.05) is 0 Å². The van der Waals surface area contributed by atoms with Crippen molar-refractivity contribution >= 4 is 93.0 Å². The van der Waals surface area contributed by atoms with Crippen molar-refractivity contribution in [2.75, 3.05) is 11.1 Å². The second-order valence-electron chi connectivity index (χ2n) is 7.81. The van der Waals surface area contributed by atoms with Crippen LogP contribution in [0, 0.1) is 0 Å². The number of fused-ring (bicyclic) bond motifs is 1. The molecule has 0 aliphatic carbocycles. The third kappa shape index (κ3) is 6.60. The molecule has 216 valence electrons. The maximum Gasteiger partial charge on any atom is 0.296 e. The fraction of sp³-hybridized carbons (Fsp3) is 0. The Bertz CT molecular complexity index is 2090. The van der Waals surface area contributed by atoms with Crippen molar-refractivity contribution < 1.29 is 44.0 Å². The van der Waals surface area contributed by atoms with Gasteiger partial charge in [-0.05, 0) is 58.9 Å². The van der Waals surface area contributed by atoms with E-state index in [1.165, 1.54) is 6.07 Å². The number of phenolic OH excluding ortho intramolecular Hbond substituents is 1. The van der Waals surface area contributed by atoms with Crippen molar-refractivity contribution in [1.82, 2.24) is 15.0 Å². The minimum absolute atomic E-state index is 0.0154. The molecule has 0 spiro atoms. The molecule has 41 heavy (non-hydrogen) atoms. The summed E-state index contributed by atoms with van der Waals surface area (Å²) in [5, 5.41) is 19.0. The summed E-state index contributed by atoms with van der Waals surface area (Å²) in [4.78, 5) is 8.36. The Labute approximate surface area is 240 Å². The van der Waals surface area contributed by atoms with Crippen LogP contribution in [-0.2, 0) is 30.4 Å². The van der Waals surface area contributed by atoms with Gasteiger partial charge >= 0.3 is 0 Å². The van der Waals surface area contributed by atoms with Gasteiger partial charge in [0, 0.05) is 17.1 Å². The molecular formula is C19H13Cl2N7O10S3. The van der Waals surface area contributed by atoms with Gasteiger partial charge < -0.3 is 16.2 Å². The molecule has 17 nitrogen and oxygen atoms in total. The van der Waals surface area contributed by atoms with Crippen LogP contribution in [0.1, 0.15) is 0 Å². The molecule has 0 aliphatic heterocycles. The molecule has 0 unspecified atom stereocenters. The van der Waals surface area contributed by atoms with Gasteiger partial charge in [-0.2, -0.15) is 40.2 Å². The minimum Gasteiger partial charge on any atom is -0.507 e. The fourth-order valence-electron chi connectivity index (χ4n) is 3.43. The normalized spacial score (nSPS) is 12.7. The molecule has 0 saturated heterocycles. The third-order valence-corrected chi connectivity index (χ3v) is 7.99. The summed E-state index contributed by atoms with van der Waals surface area (Å²) in [7, 11) is -15.0. The van der Waals surface area contributed by atoms with Gasteiger partial charge in [-0.15, -0.1) is 10.2 Å². The number of aromatic hydroxyl groups is 1. The van der Waals surface area contributed by atoms with E-state index < -0.39 is 67.9 Å². The molecule has 0 atom stereocenters. The molecule has 4 aromatic rings. The van der Waals surface area contributed by atoms with Crippen LogP contribution in [-0.4, -0.2) is 59.0 Å². The first-order valence-corrected chi connectivity index (χ1v) is 15.3. The van der Waals surface area contributed by atoms with Crippen LogP contribution in [0.25, 0.3) is 10.8 Å². The lowest BCUT2D eigenvalue weighted by Crippen LogP contribution is -2.03. The van der Waals surface area contributed by atoms with E-state index in [1.54, 1.807) is 0 Å². The second kappa shape index (κ2) is 10.6. The molecule has 0 saturated carbocycles. The topological polar surface area (TPSA) is 285 Å². The molecule has 0 radical (unpaired) electrons. The molecule has 1 aromatic heterocycles. The lowest BCUT2D eigenvalue weighted by atomic mass is 10.1. The first-order chi connectivity index (χ1) is 18.8. The highest BCUT2D eigenvalue weighted by Crippen LogP contribution is 2.43. The van der Waals surface area contributed by atoms with Crippen LogP contribution in [0.4, 0.5) is 28.7 Å². The molecule has 1 heterocycles. The number of hydrogen-bond acceptors (Lipinski definition) is 14. The number of halogens is 2. The summed E-state index contributed by atoms with van der Waals surface area (Å²) in [5.74, 6) is -1.01. The zero-order valence-corrected chi connectivity index (χ0v) is 23.5. The van der Waals surface area contributed by atoms with E-state index in [-0.39, 0.29) is 33.0 Å². The molecular weight excluding hydrogens is 653 g/mol. The Balaban J connectivity index is 1.88. The smallest absolute Gasteiger partial charge is 0.296 e. The highest BCUT2D eigenvalue weighted by Gasteiger charge is 2.25. The number of nitrogen functional groups attached to an aromatic ring is 1. The third-order valence-electron chi connectivity index (χ3n) is 5.07. The summed E-state index contributed by atoms with van der Waals surface area (Å²) in [6.45, 7) is 0. The Kier molecular flexibility index (Phi) is 7.79. The van der Waals surface area contributed by atoms with Gasteiger partial charge in [0.2, 0.25) is 16.5 Å². The van der Waals surface area contributed by atoms with Crippen molar-refractivity contribution in [3.63, 3.8) is 0 Å². The van der Waals surface area contributed by atoms with Crippen LogP contribution in [0.5, 0.6) is 5.75 Å². The lowest BCUT2D eigenvalue weighted by Gasteiger charge is -2.12. The minimum atomic E-state index is -5.15. The molecule has 0 amide bonds. The zero-order chi connectivity index (χ0) is 30.5. The average molecular weight is 666 g/mol. The van der Waals surface area contributed by atoms with E-state index in [0.717, 1.165) is 18.2 Å². The predicted octanol–water partition coefficient (Wildman–Crippen LogP) is 3.52. The van der Waals surface area contributed by atoms with Gasteiger partial charge in [0.05, 0.1) is 10.6 Å². The standard InChI is InChI=1S/C19H13Cl2N7O10S3/c20-17-24-18(21)26-19(25-17)23-8-1-2-10(12(5-8)40(33,34)35)27-28-16-13(41(36,37)38)4-7-3-9(39(30,31)32)6-11(29)14(7)15(16)22/h1-6,29H,22H2,(H,30,31,32)(H,33,34,35)(H,36,37,38)(H,23,24,25,26). The van der Waals surface area contributed by atoms with E-state index in [1.807, 2.05) is 0 Å². The predicted molar refractivity (Wildman–Crippen MR) is 143 cm³/mol. The number of nitrogens with one attached hydrogen (secondary N) is 1. The van der Waals surface area contributed by atoms with Gasteiger partial charge in [-0.3, -0.25) is 13.7 Å². The fourth-order valence-corrected chi connectivity index (χ4v) is 5.65. The molecule has 22 heteroatoms. The number of aromatic nitrogens is 3. The largest absolute Gasteiger partial charge is 0.507 e. The first-order valence-electron chi connectivity index (χ1n) is 10.3.